The SMILES string of the molecule is COCO[C@H](C#CO[Si](C)(C)C)[C@@H](NS(=O)C(C)(C)C)[C@H](OCc1ccccc1)[C@@H](CO[Si](C)(C)C(C)(C)C)OCc1ccccc1. The van der Waals surface area contributed by atoms with Crippen LogP contribution in [0.25, 0.3) is 0 Å². The zero-order valence-corrected chi connectivity index (χ0v) is 33.5. The fourth-order valence-corrected chi connectivity index (χ4v) is 6.19. The summed E-state index contributed by atoms with van der Waals surface area (Å²) in [7, 11) is -4.14. The molecule has 8 nitrogen and oxygen atoms in total. The molecule has 0 bridgehead atoms. The highest BCUT2D eigenvalue weighted by molar-refractivity contribution is 7.84. The lowest BCUT2D eigenvalue weighted by molar-refractivity contribution is -0.137. The van der Waals surface area contributed by atoms with E-state index in [2.05, 4.69) is 70.3 Å². The van der Waals surface area contributed by atoms with Gasteiger partial charge in [0.1, 0.15) is 25.1 Å². The lowest BCUT2D eigenvalue weighted by Gasteiger charge is -2.40. The normalized spacial score (nSPS) is 16.0. The van der Waals surface area contributed by atoms with Crippen molar-refractivity contribution in [2.45, 2.75) is 122 Å². The van der Waals surface area contributed by atoms with Gasteiger partial charge in [-0.3, -0.25) is 0 Å². The van der Waals surface area contributed by atoms with Gasteiger partial charge in [-0.15, -0.1) is 0 Å². The number of hydrogen-bond donors (Lipinski definition) is 1. The minimum atomic E-state index is -2.21. The van der Waals surface area contributed by atoms with Crippen LogP contribution in [0.15, 0.2) is 60.7 Å². The van der Waals surface area contributed by atoms with Crippen LogP contribution >= 0.6 is 0 Å². The third-order valence-electron chi connectivity index (χ3n) is 7.78. The van der Waals surface area contributed by atoms with Gasteiger partial charge in [-0.1, -0.05) is 81.4 Å². The summed E-state index contributed by atoms with van der Waals surface area (Å²) in [6.45, 7) is 23.9. The van der Waals surface area contributed by atoms with E-state index >= 15 is 0 Å². The minimum Gasteiger partial charge on any atom is -0.501 e. The van der Waals surface area contributed by atoms with Crippen molar-refractivity contribution >= 4 is 27.6 Å². The first-order valence-corrected chi connectivity index (χ1v) is 23.7. The van der Waals surface area contributed by atoms with E-state index in [-0.39, 0.29) is 25.0 Å². The van der Waals surface area contributed by atoms with Gasteiger partial charge in [0.25, 0.3) is 8.32 Å². The first kappa shape index (κ1) is 41.3. The van der Waals surface area contributed by atoms with Crippen LogP contribution in [0.5, 0.6) is 0 Å². The Balaban J connectivity index is 2.71. The Morgan fingerprint density at radius 3 is 1.81 bits per heavy atom. The molecule has 0 heterocycles. The maximum atomic E-state index is 13.8. The highest BCUT2D eigenvalue weighted by atomic mass is 32.2. The van der Waals surface area contributed by atoms with Crippen molar-refractivity contribution < 1.29 is 32.0 Å². The van der Waals surface area contributed by atoms with Gasteiger partial charge >= 0.3 is 0 Å². The van der Waals surface area contributed by atoms with Crippen molar-refractivity contribution in [2.24, 2.45) is 0 Å². The van der Waals surface area contributed by atoms with Crippen molar-refractivity contribution in [3.8, 4) is 12.0 Å². The lowest BCUT2D eigenvalue weighted by Crippen LogP contribution is -2.58. The summed E-state index contributed by atoms with van der Waals surface area (Å²) in [6, 6.07) is 19.2. The molecule has 0 spiro atoms. The minimum absolute atomic E-state index is 0.0213. The van der Waals surface area contributed by atoms with Crippen molar-refractivity contribution in [3.05, 3.63) is 71.8 Å². The molecule has 2 aromatic rings. The molecule has 0 aliphatic heterocycles. The topological polar surface area (TPSA) is 84.5 Å². The molecule has 1 N–H and O–H groups in total. The van der Waals surface area contributed by atoms with E-state index in [0.29, 0.717) is 6.61 Å². The first-order valence-electron chi connectivity index (χ1n) is 16.3. The summed E-state index contributed by atoms with van der Waals surface area (Å²) in [5.74, 6) is 3.17. The maximum absolute atomic E-state index is 13.8. The van der Waals surface area contributed by atoms with Gasteiger partial charge in [-0.05, 0) is 75.6 Å². The molecule has 0 radical (unpaired) electrons. The summed E-state index contributed by atoms with van der Waals surface area (Å²) >= 11 is 0. The monoisotopic (exact) mass is 705 g/mol. The highest BCUT2D eigenvalue weighted by Crippen LogP contribution is 2.37. The predicted octanol–water partition coefficient (Wildman–Crippen LogP) is 7.40. The van der Waals surface area contributed by atoms with Gasteiger partial charge < -0.3 is 27.8 Å². The van der Waals surface area contributed by atoms with Crippen LogP contribution in [0, 0.1) is 12.0 Å². The Morgan fingerprint density at radius 2 is 1.34 bits per heavy atom. The van der Waals surface area contributed by atoms with Crippen LogP contribution in [0.3, 0.4) is 0 Å². The van der Waals surface area contributed by atoms with Crippen LogP contribution in [0.1, 0.15) is 52.7 Å². The second-order valence-corrected chi connectivity index (χ2v) is 26.4. The molecule has 264 valence electrons. The Hall–Kier alpha value is -1.86. The summed E-state index contributed by atoms with van der Waals surface area (Å²) in [6.07, 6.45) is 0.778. The second-order valence-electron chi connectivity index (χ2n) is 15.1. The van der Waals surface area contributed by atoms with Gasteiger partial charge in [0.05, 0.1) is 47.7 Å². The Bertz CT molecular complexity index is 1270. The Kier molecular flexibility index (Phi) is 16.5. The molecule has 0 aliphatic rings. The van der Waals surface area contributed by atoms with Crippen LogP contribution in [0.4, 0.5) is 0 Å². The van der Waals surface area contributed by atoms with Gasteiger partial charge in [0.2, 0.25) is 0 Å². The molecule has 0 fully saturated rings. The molecular weight excluding hydrogens is 647 g/mol. The molecule has 47 heavy (non-hydrogen) atoms. The standard InChI is InChI=1S/C36H59NO7SSi2/c1-35(2,3)45(38)37-33(31(42-28-39-7)23-24-43-46(8,9)10)34(41-26-30-21-17-14-18-22-30)32(27-44-47(11,12)36(4,5)6)40-25-29-19-15-13-16-20-29/h13-22,31-34,37H,25-28H2,1-12H3/t31-,32-,33-,34-,45?/m1/s1. The quantitative estimate of drug-likeness (QED) is 0.0983. The number of benzene rings is 2. The number of ether oxygens (including phenoxy) is 4. The van der Waals surface area contributed by atoms with Crippen molar-refractivity contribution in [1.82, 2.24) is 4.72 Å². The van der Waals surface area contributed by atoms with Crippen molar-refractivity contribution in [2.75, 3.05) is 20.5 Å². The van der Waals surface area contributed by atoms with Crippen LogP contribution in [-0.4, -0.2) is 70.5 Å². The molecular formula is C36H59NO7SSi2. The second kappa shape index (κ2) is 18.8. The van der Waals surface area contributed by atoms with E-state index < -0.39 is 56.7 Å². The number of hydrogen-bond acceptors (Lipinski definition) is 7. The van der Waals surface area contributed by atoms with Gasteiger partial charge in [-0.2, -0.15) is 0 Å². The smallest absolute Gasteiger partial charge is 0.255 e. The largest absolute Gasteiger partial charge is 0.501 e. The lowest BCUT2D eigenvalue weighted by atomic mass is 10.0. The molecule has 0 saturated carbocycles. The van der Waals surface area contributed by atoms with E-state index in [9.17, 15) is 4.21 Å². The number of rotatable bonds is 18. The summed E-state index contributed by atoms with van der Waals surface area (Å²) in [5, 5.41) is -0.0213. The van der Waals surface area contributed by atoms with Crippen molar-refractivity contribution in [1.29, 1.82) is 0 Å². The zero-order valence-electron chi connectivity index (χ0n) is 30.7. The van der Waals surface area contributed by atoms with Crippen molar-refractivity contribution in [3.63, 3.8) is 0 Å². The predicted molar refractivity (Wildman–Crippen MR) is 197 cm³/mol. The van der Waals surface area contributed by atoms with Crippen LogP contribution in [0.2, 0.25) is 37.8 Å². The molecule has 5 atom stereocenters. The molecule has 11 heteroatoms. The van der Waals surface area contributed by atoms with Crippen LogP contribution in [-0.2, 0) is 52.0 Å². The average Bonchev–Trinajstić information content (AvgIpc) is 2.98. The van der Waals surface area contributed by atoms with Crippen LogP contribution < -0.4 is 4.72 Å². The summed E-state index contributed by atoms with van der Waals surface area (Å²) in [4.78, 5) is 0. The highest BCUT2D eigenvalue weighted by Gasteiger charge is 2.43. The van der Waals surface area contributed by atoms with Gasteiger partial charge in [-0.25, -0.2) is 8.93 Å². The average molecular weight is 706 g/mol. The van der Waals surface area contributed by atoms with E-state index in [4.69, 9.17) is 27.8 Å². The molecule has 1 unspecified atom stereocenters. The fraction of sp³-hybridized carbons (Fsp3) is 0.611. The molecule has 0 saturated heterocycles. The molecule has 0 amide bonds. The van der Waals surface area contributed by atoms with E-state index in [1.807, 2.05) is 81.4 Å². The first-order chi connectivity index (χ1) is 21.8. The maximum Gasteiger partial charge on any atom is 0.255 e. The van der Waals surface area contributed by atoms with E-state index in [1.54, 1.807) is 7.11 Å². The zero-order chi connectivity index (χ0) is 35.3. The summed E-state index contributed by atoms with van der Waals surface area (Å²) in [5.41, 5.74) is 2.01. The summed E-state index contributed by atoms with van der Waals surface area (Å²) < 4.78 is 54.4. The van der Waals surface area contributed by atoms with E-state index in [1.165, 1.54) is 0 Å². The van der Waals surface area contributed by atoms with Gasteiger partial charge in [0, 0.05) is 7.11 Å². The van der Waals surface area contributed by atoms with E-state index in [0.717, 1.165) is 11.1 Å². The molecule has 2 rings (SSSR count). The third kappa shape index (κ3) is 15.1. The molecule has 0 aliphatic carbocycles. The van der Waals surface area contributed by atoms with Gasteiger partial charge in [0.15, 0.2) is 8.32 Å². The number of nitrogens with one attached hydrogen (secondary N) is 1. The Morgan fingerprint density at radius 1 is 0.809 bits per heavy atom. The molecule has 2 aromatic carbocycles. The Labute approximate surface area is 289 Å². The molecule has 0 aromatic heterocycles. The fourth-order valence-electron chi connectivity index (χ4n) is 3.95. The third-order valence-corrected chi connectivity index (χ3v) is 14.6. The number of methoxy groups -OCH3 is 1.